The Labute approximate surface area is 217 Å². The topological polar surface area (TPSA) is 86.8 Å². The maximum absolute atomic E-state index is 13.7. The highest BCUT2D eigenvalue weighted by Crippen LogP contribution is 2.22. The molecule has 2 aromatic carbocycles. The largest absolute Gasteiger partial charge is 0.352 e. The molecular weight excluding hydrogens is 500 g/mol. The summed E-state index contributed by atoms with van der Waals surface area (Å²) in [4.78, 5) is 27.8. The van der Waals surface area contributed by atoms with Crippen LogP contribution < -0.4 is 9.62 Å². The van der Waals surface area contributed by atoms with Gasteiger partial charge in [0.25, 0.3) is 0 Å². The molecule has 1 atom stereocenters. The van der Waals surface area contributed by atoms with Crippen LogP contribution in [-0.2, 0) is 26.2 Å². The number of carbonyl (C=O) groups is 2. The van der Waals surface area contributed by atoms with Gasteiger partial charge in [-0.15, -0.1) is 0 Å². The number of nitrogens with one attached hydrogen (secondary N) is 1. The van der Waals surface area contributed by atoms with Crippen molar-refractivity contribution in [3.05, 3.63) is 65.2 Å². The van der Waals surface area contributed by atoms with Gasteiger partial charge in [-0.3, -0.25) is 13.9 Å². The van der Waals surface area contributed by atoms with Gasteiger partial charge in [-0.1, -0.05) is 42.7 Å². The Morgan fingerprint density at radius 3 is 2.30 bits per heavy atom. The highest BCUT2D eigenvalue weighted by molar-refractivity contribution is 7.92. The molecule has 0 unspecified atom stereocenters. The van der Waals surface area contributed by atoms with Gasteiger partial charge in [-0.05, 0) is 50.8 Å². The van der Waals surface area contributed by atoms with Crippen molar-refractivity contribution in [2.75, 3.05) is 17.1 Å². The Balaban J connectivity index is 1.72. The average molecular weight is 536 g/mol. The number of aryl methyl sites for hydroxylation is 1. The monoisotopic (exact) mass is 535 g/mol. The van der Waals surface area contributed by atoms with Crippen LogP contribution in [0.25, 0.3) is 0 Å². The number of anilines is 1. The summed E-state index contributed by atoms with van der Waals surface area (Å²) >= 11 is 0. The van der Waals surface area contributed by atoms with Gasteiger partial charge in [0, 0.05) is 31.6 Å². The van der Waals surface area contributed by atoms with E-state index < -0.39 is 27.7 Å². The number of hydrogen-bond acceptors (Lipinski definition) is 4. The fraction of sp³-hybridized carbons (Fsp3) is 0.481. The van der Waals surface area contributed by atoms with Crippen LogP contribution in [0.4, 0.5) is 14.5 Å². The van der Waals surface area contributed by atoms with Crippen LogP contribution in [0.5, 0.6) is 0 Å². The first kappa shape index (κ1) is 28.6. The molecule has 2 amide bonds. The third-order valence-corrected chi connectivity index (χ3v) is 7.88. The van der Waals surface area contributed by atoms with E-state index in [2.05, 4.69) is 5.32 Å². The van der Waals surface area contributed by atoms with E-state index in [4.69, 9.17) is 0 Å². The Bertz CT molecular complexity index is 1200. The Morgan fingerprint density at radius 2 is 1.70 bits per heavy atom. The fourth-order valence-electron chi connectivity index (χ4n) is 4.51. The van der Waals surface area contributed by atoms with Gasteiger partial charge in [0.15, 0.2) is 11.6 Å². The van der Waals surface area contributed by atoms with Crippen molar-refractivity contribution in [3.8, 4) is 0 Å². The lowest BCUT2D eigenvalue weighted by Crippen LogP contribution is -2.49. The molecule has 2 aromatic rings. The Hall–Kier alpha value is -3.01. The molecule has 0 radical (unpaired) electrons. The zero-order chi connectivity index (χ0) is 27.2. The predicted molar refractivity (Wildman–Crippen MR) is 139 cm³/mol. The van der Waals surface area contributed by atoms with Gasteiger partial charge in [0.2, 0.25) is 21.8 Å². The molecule has 10 heteroatoms. The van der Waals surface area contributed by atoms with Crippen LogP contribution in [0.2, 0.25) is 0 Å². The zero-order valence-electron chi connectivity index (χ0n) is 21.5. The minimum atomic E-state index is -3.81. The second kappa shape index (κ2) is 12.5. The minimum Gasteiger partial charge on any atom is -0.352 e. The molecule has 3 rings (SSSR count). The molecular formula is C27H35F2N3O4S. The summed E-state index contributed by atoms with van der Waals surface area (Å²) in [6.45, 7) is 3.79. The molecule has 1 N–H and O–H groups in total. The number of rotatable bonds is 11. The lowest BCUT2D eigenvalue weighted by molar-refractivity contribution is -0.141. The number of hydrogen-bond donors (Lipinski definition) is 1. The molecule has 0 saturated heterocycles. The van der Waals surface area contributed by atoms with E-state index in [1.807, 2.05) is 31.2 Å². The van der Waals surface area contributed by atoms with Gasteiger partial charge >= 0.3 is 0 Å². The zero-order valence-corrected chi connectivity index (χ0v) is 22.4. The van der Waals surface area contributed by atoms with Crippen LogP contribution in [0.1, 0.15) is 56.6 Å². The predicted octanol–water partition coefficient (Wildman–Crippen LogP) is 4.30. The van der Waals surface area contributed by atoms with Crippen LogP contribution in [0, 0.1) is 18.6 Å². The van der Waals surface area contributed by atoms with Crippen LogP contribution in [0.3, 0.4) is 0 Å². The lowest BCUT2D eigenvalue weighted by atomic mass is 10.1. The van der Waals surface area contributed by atoms with Crippen LogP contribution in [0.15, 0.2) is 42.5 Å². The highest BCUT2D eigenvalue weighted by atomic mass is 32.2. The van der Waals surface area contributed by atoms with Gasteiger partial charge in [-0.2, -0.15) is 0 Å². The van der Waals surface area contributed by atoms with Crippen molar-refractivity contribution in [1.82, 2.24) is 10.2 Å². The quantitative estimate of drug-likeness (QED) is 0.465. The highest BCUT2D eigenvalue weighted by Gasteiger charge is 2.29. The second-order valence-corrected chi connectivity index (χ2v) is 11.6. The molecule has 1 fully saturated rings. The number of carbonyl (C=O) groups excluding carboxylic acids is 2. The molecule has 1 saturated carbocycles. The molecule has 7 nitrogen and oxygen atoms in total. The molecule has 202 valence electrons. The van der Waals surface area contributed by atoms with Gasteiger partial charge in [0.05, 0.1) is 11.9 Å². The summed E-state index contributed by atoms with van der Waals surface area (Å²) in [7, 11) is -3.81. The maximum atomic E-state index is 13.7. The summed E-state index contributed by atoms with van der Waals surface area (Å²) in [5.74, 6) is -2.75. The smallest absolute Gasteiger partial charge is 0.242 e. The van der Waals surface area contributed by atoms with Crippen molar-refractivity contribution in [3.63, 3.8) is 0 Å². The van der Waals surface area contributed by atoms with E-state index in [0.29, 0.717) is 0 Å². The van der Waals surface area contributed by atoms with Crippen molar-refractivity contribution in [1.29, 1.82) is 0 Å². The van der Waals surface area contributed by atoms with Crippen molar-refractivity contribution < 1.29 is 26.8 Å². The first-order chi connectivity index (χ1) is 17.5. The van der Waals surface area contributed by atoms with E-state index in [0.717, 1.165) is 59.5 Å². The van der Waals surface area contributed by atoms with Crippen LogP contribution in [-0.4, -0.2) is 50.0 Å². The standard InChI is InChI=1S/C27H35F2N3O4S/c1-19-10-12-21(13-11-19)18-31(20(2)27(34)30-22-7-4-5-8-22)26(33)9-6-16-32(37(3,35)36)23-14-15-24(28)25(29)17-23/h10-15,17,20,22H,4-9,16,18H2,1-3H3,(H,30,34)/t20-/m0/s1. The van der Waals surface area contributed by atoms with Gasteiger partial charge in [-0.25, -0.2) is 17.2 Å². The molecule has 0 heterocycles. The summed E-state index contributed by atoms with van der Waals surface area (Å²) in [6.07, 6.45) is 5.07. The first-order valence-electron chi connectivity index (χ1n) is 12.5. The summed E-state index contributed by atoms with van der Waals surface area (Å²) in [5.41, 5.74) is 1.93. The molecule has 37 heavy (non-hydrogen) atoms. The van der Waals surface area contributed by atoms with Crippen molar-refractivity contribution >= 4 is 27.5 Å². The average Bonchev–Trinajstić information content (AvgIpc) is 3.35. The lowest BCUT2D eigenvalue weighted by Gasteiger charge is -2.30. The number of amides is 2. The Morgan fingerprint density at radius 1 is 1.05 bits per heavy atom. The Kier molecular flexibility index (Phi) is 9.64. The van der Waals surface area contributed by atoms with Crippen LogP contribution >= 0.6 is 0 Å². The summed E-state index contributed by atoms with van der Waals surface area (Å²) < 4.78 is 52.7. The minimum absolute atomic E-state index is 0.0188. The normalized spacial score (nSPS) is 14.8. The summed E-state index contributed by atoms with van der Waals surface area (Å²) in [6, 6.07) is 9.95. The van der Waals surface area contributed by atoms with E-state index in [1.165, 1.54) is 11.0 Å². The first-order valence-corrected chi connectivity index (χ1v) is 14.4. The molecule has 1 aliphatic rings. The number of nitrogens with zero attached hydrogens (tertiary/aromatic N) is 2. The molecule has 0 aromatic heterocycles. The van der Waals surface area contributed by atoms with Gasteiger partial charge < -0.3 is 10.2 Å². The summed E-state index contributed by atoms with van der Waals surface area (Å²) in [5, 5.41) is 3.05. The van der Waals surface area contributed by atoms with Crippen molar-refractivity contribution in [2.24, 2.45) is 0 Å². The molecule has 0 spiro atoms. The van der Waals surface area contributed by atoms with E-state index in [9.17, 15) is 26.8 Å². The maximum Gasteiger partial charge on any atom is 0.242 e. The molecule has 1 aliphatic carbocycles. The number of halogens is 2. The number of benzene rings is 2. The molecule has 0 bridgehead atoms. The third-order valence-electron chi connectivity index (χ3n) is 6.69. The number of sulfonamides is 1. The molecule has 0 aliphatic heterocycles. The van der Waals surface area contributed by atoms with Crippen molar-refractivity contribution in [2.45, 2.75) is 71.0 Å². The van der Waals surface area contributed by atoms with E-state index in [-0.39, 0.29) is 49.5 Å². The van der Waals surface area contributed by atoms with E-state index in [1.54, 1.807) is 6.92 Å². The van der Waals surface area contributed by atoms with Gasteiger partial charge in [0.1, 0.15) is 6.04 Å². The third kappa shape index (κ3) is 7.99. The SMILES string of the molecule is Cc1ccc(CN(C(=O)CCCN(c2ccc(F)c(F)c2)S(C)(=O)=O)[C@@H](C)C(=O)NC2CCCC2)cc1. The van der Waals surface area contributed by atoms with E-state index >= 15 is 0 Å². The second-order valence-electron chi connectivity index (χ2n) is 9.71. The fourth-order valence-corrected chi connectivity index (χ4v) is 5.47.